The van der Waals surface area contributed by atoms with Gasteiger partial charge in [-0.2, -0.15) is 0 Å². The molecule has 2 rings (SSSR count). The molecule has 112 valence electrons. The van der Waals surface area contributed by atoms with Crippen LogP contribution in [0.2, 0.25) is 0 Å². The number of hydrogen-bond acceptors (Lipinski definition) is 2. The van der Waals surface area contributed by atoms with Crippen LogP contribution in [0.4, 0.5) is 13.2 Å². The zero-order chi connectivity index (χ0) is 15.4. The van der Waals surface area contributed by atoms with Gasteiger partial charge in [0, 0.05) is 17.5 Å². The topological polar surface area (TPSA) is 35.2 Å². The fourth-order valence-corrected chi connectivity index (χ4v) is 2.22. The third kappa shape index (κ3) is 3.03. The van der Waals surface area contributed by atoms with Gasteiger partial charge in [-0.1, -0.05) is 37.3 Å². The quantitative estimate of drug-likeness (QED) is 0.856. The minimum absolute atomic E-state index is 0.0206. The van der Waals surface area contributed by atoms with Crippen molar-refractivity contribution in [3.63, 3.8) is 0 Å². The molecule has 0 spiro atoms. The third-order valence-corrected chi connectivity index (χ3v) is 3.26. The van der Waals surface area contributed by atoms with E-state index < -0.39 is 23.2 Å². The molecule has 0 saturated heterocycles. The highest BCUT2D eigenvalue weighted by Crippen LogP contribution is 2.32. The second-order valence-corrected chi connectivity index (χ2v) is 4.56. The molecule has 0 heterocycles. The Hall–Kier alpha value is -2.01. The molecule has 0 fully saturated rings. The molecule has 0 aliphatic heterocycles. The van der Waals surface area contributed by atoms with E-state index in [4.69, 9.17) is 10.5 Å². The Bertz CT molecular complexity index is 629. The highest BCUT2D eigenvalue weighted by atomic mass is 19.1. The van der Waals surface area contributed by atoms with Crippen LogP contribution in [-0.2, 0) is 12.8 Å². The van der Waals surface area contributed by atoms with E-state index in [1.807, 2.05) is 0 Å². The summed E-state index contributed by atoms with van der Waals surface area (Å²) < 4.78 is 47.5. The van der Waals surface area contributed by atoms with Gasteiger partial charge in [0.25, 0.3) is 0 Å². The zero-order valence-electron chi connectivity index (χ0n) is 11.6. The minimum Gasteiger partial charge on any atom is -0.472 e. The van der Waals surface area contributed by atoms with Crippen LogP contribution in [0, 0.1) is 17.5 Å². The van der Waals surface area contributed by atoms with Crippen molar-refractivity contribution in [2.24, 2.45) is 5.73 Å². The molecule has 2 N–H and O–H groups in total. The average molecular weight is 295 g/mol. The normalized spacial score (nSPS) is 10.7. The van der Waals surface area contributed by atoms with Crippen LogP contribution >= 0.6 is 0 Å². The monoisotopic (exact) mass is 295 g/mol. The van der Waals surface area contributed by atoms with E-state index in [1.54, 1.807) is 37.3 Å². The van der Waals surface area contributed by atoms with Crippen molar-refractivity contribution < 1.29 is 17.9 Å². The van der Waals surface area contributed by atoms with Gasteiger partial charge >= 0.3 is 0 Å². The fraction of sp³-hybridized carbons (Fsp3) is 0.250. The Balaban J connectivity index is 2.56. The Kier molecular flexibility index (Phi) is 4.85. The van der Waals surface area contributed by atoms with E-state index in [0.717, 1.165) is 5.56 Å². The molecular weight excluding hydrogens is 279 g/mol. The third-order valence-electron chi connectivity index (χ3n) is 3.26. The van der Waals surface area contributed by atoms with Crippen LogP contribution in [0.1, 0.15) is 23.6 Å². The molecule has 21 heavy (non-hydrogen) atoms. The van der Waals surface area contributed by atoms with Crippen LogP contribution in [0.15, 0.2) is 30.3 Å². The number of halogens is 3. The van der Waals surface area contributed by atoms with E-state index in [0.29, 0.717) is 0 Å². The minimum atomic E-state index is -1.03. The van der Waals surface area contributed by atoms with Gasteiger partial charge in [-0.3, -0.25) is 5.73 Å². The Morgan fingerprint density at radius 2 is 1.57 bits per heavy atom. The molecule has 0 aliphatic carbocycles. The summed E-state index contributed by atoms with van der Waals surface area (Å²) in [6.45, 7) is 1.21. The summed E-state index contributed by atoms with van der Waals surface area (Å²) in [5.74, 6) is -3.52. The second kappa shape index (κ2) is 6.63. The Morgan fingerprint density at radius 1 is 0.952 bits per heavy atom. The number of hydrogen-bond donors (Lipinski definition) is 1. The molecule has 0 saturated carbocycles. The highest BCUT2D eigenvalue weighted by Gasteiger charge is 2.25. The van der Waals surface area contributed by atoms with Crippen molar-refractivity contribution in [3.05, 3.63) is 64.5 Å². The van der Waals surface area contributed by atoms with E-state index in [9.17, 15) is 13.2 Å². The maximum atomic E-state index is 14.3. The van der Waals surface area contributed by atoms with Crippen molar-refractivity contribution in [3.8, 4) is 5.75 Å². The predicted octanol–water partition coefficient (Wildman–Crippen LogP) is 3.55. The first kappa shape index (κ1) is 15.4. The predicted molar refractivity (Wildman–Crippen MR) is 74.6 cm³/mol. The molecule has 2 aromatic carbocycles. The van der Waals surface area contributed by atoms with Crippen LogP contribution in [0.25, 0.3) is 0 Å². The molecule has 2 nitrogen and oxygen atoms in total. The van der Waals surface area contributed by atoms with Crippen LogP contribution in [0.3, 0.4) is 0 Å². The van der Waals surface area contributed by atoms with Crippen molar-refractivity contribution in [2.75, 3.05) is 6.73 Å². The Labute approximate surface area is 121 Å². The maximum absolute atomic E-state index is 14.3. The van der Waals surface area contributed by atoms with Crippen LogP contribution in [-0.4, -0.2) is 6.73 Å². The fourth-order valence-electron chi connectivity index (χ4n) is 2.22. The van der Waals surface area contributed by atoms with E-state index in [1.165, 1.54) is 0 Å². The molecule has 0 aliphatic rings. The number of nitrogens with two attached hydrogens (primary N) is 1. The van der Waals surface area contributed by atoms with Crippen molar-refractivity contribution in [1.82, 2.24) is 0 Å². The lowest BCUT2D eigenvalue weighted by Crippen LogP contribution is -2.14. The summed E-state index contributed by atoms with van der Waals surface area (Å²) in [6, 6.07) is 8.84. The van der Waals surface area contributed by atoms with Gasteiger partial charge in [0.1, 0.15) is 12.5 Å². The van der Waals surface area contributed by atoms with Crippen molar-refractivity contribution >= 4 is 0 Å². The summed E-state index contributed by atoms with van der Waals surface area (Å²) >= 11 is 0. The first-order valence-electron chi connectivity index (χ1n) is 6.65. The maximum Gasteiger partial charge on any atom is 0.193 e. The lowest BCUT2D eigenvalue weighted by atomic mass is 9.99. The summed E-state index contributed by atoms with van der Waals surface area (Å²) in [4.78, 5) is 0. The van der Waals surface area contributed by atoms with Gasteiger partial charge in [-0.15, -0.1) is 0 Å². The first-order chi connectivity index (χ1) is 10.1. The first-order valence-corrected chi connectivity index (χ1v) is 6.65. The molecule has 0 aromatic heterocycles. The Morgan fingerprint density at radius 3 is 2.14 bits per heavy atom. The van der Waals surface area contributed by atoms with Gasteiger partial charge in [-0.25, -0.2) is 13.2 Å². The van der Waals surface area contributed by atoms with Gasteiger partial charge in [0.15, 0.2) is 17.4 Å². The summed E-state index contributed by atoms with van der Waals surface area (Å²) in [5, 5.41) is 0. The molecule has 5 heteroatoms. The lowest BCUT2D eigenvalue weighted by Gasteiger charge is -2.15. The number of rotatable bonds is 5. The molecular formula is C16H16F3NO. The van der Waals surface area contributed by atoms with Gasteiger partial charge < -0.3 is 4.74 Å². The van der Waals surface area contributed by atoms with Crippen molar-refractivity contribution in [1.29, 1.82) is 0 Å². The van der Waals surface area contributed by atoms with Crippen molar-refractivity contribution in [2.45, 2.75) is 19.8 Å². The number of ether oxygens (including phenoxy) is 1. The molecule has 0 atom stereocenters. The second-order valence-electron chi connectivity index (χ2n) is 4.56. The molecule has 0 bridgehead atoms. The summed E-state index contributed by atoms with van der Waals surface area (Å²) in [6.07, 6.45) is 0.118. The molecule has 0 amide bonds. The summed E-state index contributed by atoms with van der Waals surface area (Å²) in [5.41, 5.74) is 5.51. The molecule has 2 aromatic rings. The van der Waals surface area contributed by atoms with Crippen LogP contribution < -0.4 is 10.5 Å². The zero-order valence-corrected chi connectivity index (χ0v) is 11.6. The smallest absolute Gasteiger partial charge is 0.193 e. The average Bonchev–Trinajstić information content (AvgIpc) is 2.50. The molecule has 0 unspecified atom stereocenters. The number of benzene rings is 2. The van der Waals surface area contributed by atoms with Gasteiger partial charge in [0.05, 0.1) is 0 Å². The molecule has 0 radical (unpaired) electrons. The van der Waals surface area contributed by atoms with Gasteiger partial charge in [-0.05, 0) is 12.0 Å². The largest absolute Gasteiger partial charge is 0.472 e. The summed E-state index contributed by atoms with van der Waals surface area (Å²) in [7, 11) is 0. The SMILES string of the molecule is CCc1c(F)c(Cc2ccccc2)c(F)c(OCN)c1F. The van der Waals surface area contributed by atoms with Crippen LogP contribution in [0.5, 0.6) is 5.75 Å². The highest BCUT2D eigenvalue weighted by molar-refractivity contribution is 5.42. The van der Waals surface area contributed by atoms with E-state index in [2.05, 4.69) is 0 Å². The van der Waals surface area contributed by atoms with Gasteiger partial charge in [0.2, 0.25) is 0 Å². The standard InChI is InChI=1S/C16H16F3NO/c1-2-11-13(17)12(8-10-6-4-3-5-7-10)15(19)16(14(11)18)21-9-20/h3-7H,2,8-9,20H2,1H3. The van der Waals surface area contributed by atoms with E-state index in [-0.39, 0.29) is 30.7 Å². The van der Waals surface area contributed by atoms with E-state index >= 15 is 0 Å². The lowest BCUT2D eigenvalue weighted by molar-refractivity contribution is 0.289.